The lowest BCUT2D eigenvalue weighted by molar-refractivity contribution is 0.0316. The summed E-state index contributed by atoms with van der Waals surface area (Å²) in [5.74, 6) is -0.321. The lowest BCUT2D eigenvalue weighted by atomic mass is 9.90. The molecule has 0 aliphatic carbocycles. The minimum Gasteiger partial charge on any atom is -0.379 e. The van der Waals surface area contributed by atoms with Gasteiger partial charge < -0.3 is 14.5 Å². The fourth-order valence-corrected chi connectivity index (χ4v) is 5.11. The van der Waals surface area contributed by atoms with E-state index in [4.69, 9.17) is 4.74 Å². The number of nitrogens with zero attached hydrogens (tertiary/aromatic N) is 4. The van der Waals surface area contributed by atoms with E-state index in [1.165, 1.54) is 17.7 Å². The van der Waals surface area contributed by atoms with Crippen molar-refractivity contribution in [3.05, 3.63) is 35.4 Å². The molecule has 3 saturated heterocycles. The van der Waals surface area contributed by atoms with Crippen molar-refractivity contribution in [3.8, 4) is 0 Å². The second-order valence-electron chi connectivity index (χ2n) is 8.91. The van der Waals surface area contributed by atoms with Crippen LogP contribution in [-0.4, -0.2) is 87.2 Å². The van der Waals surface area contributed by atoms with E-state index in [0.29, 0.717) is 37.4 Å². The number of imide groups is 1. The van der Waals surface area contributed by atoms with E-state index < -0.39 is 0 Å². The maximum absolute atomic E-state index is 13.5. The topological polar surface area (TPSA) is 56.3 Å². The molecule has 2 aromatic rings. The zero-order valence-electron chi connectivity index (χ0n) is 17.8. The molecule has 4 aliphatic heterocycles. The Bertz CT molecular complexity index is 986. The second kappa shape index (κ2) is 7.50. The van der Waals surface area contributed by atoms with E-state index in [2.05, 4.69) is 26.8 Å². The molecule has 0 radical (unpaired) electrons. The molecule has 162 valence electrons. The molecule has 31 heavy (non-hydrogen) atoms. The lowest BCUT2D eigenvalue weighted by Crippen LogP contribution is -2.47. The number of carbonyl (C=O) groups is 2. The average Bonchev–Trinajstić information content (AvgIpc) is 2.71. The number of hydrogen-bond acceptors (Lipinski definition) is 6. The van der Waals surface area contributed by atoms with E-state index in [0.717, 1.165) is 61.4 Å². The second-order valence-corrected chi connectivity index (χ2v) is 8.91. The summed E-state index contributed by atoms with van der Waals surface area (Å²) >= 11 is 0. The number of amides is 2. The Hall–Kier alpha value is -2.64. The number of carbonyl (C=O) groups excluding carboxylic acids is 2. The standard InChI is InChI=1S/C24H28N4O3/c29-23-17-3-5-19(26-7-1-8-26)22-20(27-9-2-10-27)6-4-18(21(17)22)24(30)28(23)12-11-25-13-15-31-16-14-25/h3-6H,1-2,7-16H2. The van der Waals surface area contributed by atoms with Gasteiger partial charge in [-0.25, -0.2) is 0 Å². The van der Waals surface area contributed by atoms with E-state index in [1.807, 2.05) is 12.1 Å². The predicted octanol–water partition coefficient (Wildman–Crippen LogP) is 2.19. The predicted molar refractivity (Wildman–Crippen MR) is 120 cm³/mol. The van der Waals surface area contributed by atoms with Gasteiger partial charge in [-0.2, -0.15) is 0 Å². The summed E-state index contributed by atoms with van der Waals surface area (Å²) in [5.41, 5.74) is 3.66. The van der Waals surface area contributed by atoms with E-state index >= 15 is 0 Å². The van der Waals surface area contributed by atoms with E-state index in [-0.39, 0.29) is 11.8 Å². The number of morpholine rings is 1. The van der Waals surface area contributed by atoms with Crippen LogP contribution in [0, 0.1) is 0 Å². The van der Waals surface area contributed by atoms with Crippen molar-refractivity contribution in [3.63, 3.8) is 0 Å². The van der Waals surface area contributed by atoms with Gasteiger partial charge in [-0.3, -0.25) is 19.4 Å². The van der Waals surface area contributed by atoms with Gasteiger partial charge in [-0.05, 0) is 37.1 Å². The fourth-order valence-electron chi connectivity index (χ4n) is 5.11. The van der Waals surface area contributed by atoms with Gasteiger partial charge in [0.05, 0.1) is 13.2 Å². The number of hydrogen-bond donors (Lipinski definition) is 0. The molecule has 2 amide bonds. The molecule has 4 aliphatic rings. The molecule has 2 aromatic carbocycles. The number of rotatable bonds is 5. The first-order chi connectivity index (χ1) is 15.2. The normalized spacial score (nSPS) is 21.5. The van der Waals surface area contributed by atoms with Crippen LogP contribution in [0.4, 0.5) is 11.4 Å². The first-order valence-corrected chi connectivity index (χ1v) is 11.5. The summed E-state index contributed by atoms with van der Waals surface area (Å²) in [6.45, 7) is 8.36. The summed E-state index contributed by atoms with van der Waals surface area (Å²) in [5, 5.41) is 1.94. The lowest BCUT2D eigenvalue weighted by Gasteiger charge is -2.39. The van der Waals surface area contributed by atoms with E-state index in [1.54, 1.807) is 0 Å². The Balaban J connectivity index is 1.41. The summed E-state index contributed by atoms with van der Waals surface area (Å²) in [7, 11) is 0. The van der Waals surface area contributed by atoms with Gasteiger partial charge in [-0.15, -0.1) is 0 Å². The van der Waals surface area contributed by atoms with Crippen molar-refractivity contribution in [1.29, 1.82) is 0 Å². The monoisotopic (exact) mass is 420 g/mol. The molecule has 0 unspecified atom stereocenters. The summed E-state index contributed by atoms with van der Waals surface area (Å²) in [6, 6.07) is 8.07. The van der Waals surface area contributed by atoms with Gasteiger partial charge >= 0.3 is 0 Å². The average molecular weight is 421 g/mol. The van der Waals surface area contributed by atoms with Crippen LogP contribution in [0.15, 0.2) is 24.3 Å². The van der Waals surface area contributed by atoms with Crippen molar-refractivity contribution in [1.82, 2.24) is 9.80 Å². The summed E-state index contributed by atoms with van der Waals surface area (Å²) in [4.78, 5) is 35.3. The molecule has 3 fully saturated rings. The Labute approximate surface area is 182 Å². The fraction of sp³-hybridized carbons (Fsp3) is 0.500. The molecular weight excluding hydrogens is 392 g/mol. The summed E-state index contributed by atoms with van der Waals surface area (Å²) in [6.07, 6.45) is 2.38. The van der Waals surface area contributed by atoms with Crippen molar-refractivity contribution < 1.29 is 14.3 Å². The van der Waals surface area contributed by atoms with Crippen molar-refractivity contribution in [2.45, 2.75) is 12.8 Å². The van der Waals surface area contributed by atoms with Gasteiger partial charge in [0.1, 0.15) is 0 Å². The van der Waals surface area contributed by atoms with Gasteiger partial charge in [-0.1, -0.05) is 0 Å². The highest BCUT2D eigenvalue weighted by Gasteiger charge is 2.36. The van der Waals surface area contributed by atoms with Crippen molar-refractivity contribution in [2.75, 3.05) is 75.4 Å². The molecule has 0 N–H and O–H groups in total. The number of anilines is 2. The Morgan fingerprint density at radius 2 is 1.23 bits per heavy atom. The van der Waals surface area contributed by atoms with Crippen LogP contribution in [0.2, 0.25) is 0 Å². The number of benzene rings is 2. The first-order valence-electron chi connectivity index (χ1n) is 11.5. The van der Waals surface area contributed by atoms with Gasteiger partial charge in [0.25, 0.3) is 11.8 Å². The molecule has 4 heterocycles. The maximum Gasteiger partial charge on any atom is 0.261 e. The Morgan fingerprint density at radius 3 is 1.71 bits per heavy atom. The molecule has 6 rings (SSSR count). The van der Waals surface area contributed by atoms with Gasteiger partial charge in [0.15, 0.2) is 0 Å². The van der Waals surface area contributed by atoms with Gasteiger partial charge in [0.2, 0.25) is 0 Å². The largest absolute Gasteiger partial charge is 0.379 e. The minimum absolute atomic E-state index is 0.160. The molecule has 0 bridgehead atoms. The molecular formula is C24H28N4O3. The Kier molecular flexibility index (Phi) is 4.61. The van der Waals surface area contributed by atoms with Crippen LogP contribution >= 0.6 is 0 Å². The highest BCUT2D eigenvalue weighted by Crippen LogP contribution is 2.43. The smallest absolute Gasteiger partial charge is 0.261 e. The maximum atomic E-state index is 13.5. The third-order valence-corrected chi connectivity index (χ3v) is 7.20. The van der Waals surface area contributed by atoms with Crippen LogP contribution < -0.4 is 9.80 Å². The zero-order valence-corrected chi connectivity index (χ0v) is 17.8. The van der Waals surface area contributed by atoms with Crippen LogP contribution in [0.5, 0.6) is 0 Å². The molecule has 0 aromatic heterocycles. The SMILES string of the molecule is O=C1c2ccc(N3CCC3)c3c(N4CCC4)ccc(c23)C(=O)N1CCN1CCOCC1. The first kappa shape index (κ1) is 19.1. The third kappa shape index (κ3) is 3.02. The van der Waals surface area contributed by atoms with E-state index in [9.17, 15) is 9.59 Å². The zero-order chi connectivity index (χ0) is 20.9. The van der Waals surface area contributed by atoms with Crippen LogP contribution in [0.25, 0.3) is 10.8 Å². The van der Waals surface area contributed by atoms with Crippen LogP contribution in [-0.2, 0) is 4.74 Å². The molecule has 0 spiro atoms. The molecule has 7 nitrogen and oxygen atoms in total. The van der Waals surface area contributed by atoms with Gasteiger partial charge in [0, 0.05) is 85.6 Å². The highest BCUT2D eigenvalue weighted by atomic mass is 16.5. The number of ether oxygens (including phenoxy) is 1. The molecule has 0 atom stereocenters. The third-order valence-electron chi connectivity index (χ3n) is 7.20. The van der Waals surface area contributed by atoms with Crippen LogP contribution in [0.3, 0.4) is 0 Å². The quantitative estimate of drug-likeness (QED) is 0.692. The van der Waals surface area contributed by atoms with Crippen molar-refractivity contribution in [2.24, 2.45) is 0 Å². The Morgan fingerprint density at radius 1 is 0.677 bits per heavy atom. The minimum atomic E-state index is -0.160. The molecule has 7 heteroatoms. The molecule has 0 saturated carbocycles. The summed E-state index contributed by atoms with van der Waals surface area (Å²) < 4.78 is 5.41. The van der Waals surface area contributed by atoms with Crippen molar-refractivity contribution >= 4 is 34.0 Å². The van der Waals surface area contributed by atoms with Crippen LogP contribution in [0.1, 0.15) is 33.6 Å². The highest BCUT2D eigenvalue weighted by molar-refractivity contribution is 6.28.